The number of carbonyl (C=O) groups excluding carboxylic acids is 1. The number of hydrogen-bond acceptors (Lipinski definition) is 6. The summed E-state index contributed by atoms with van der Waals surface area (Å²) in [5.41, 5.74) is 1.15. The molecule has 0 saturated carbocycles. The van der Waals surface area contributed by atoms with Gasteiger partial charge in [0.25, 0.3) is 11.1 Å². The lowest BCUT2D eigenvalue weighted by Gasteiger charge is -2.05. The van der Waals surface area contributed by atoms with Gasteiger partial charge in [-0.2, -0.15) is 0 Å². The minimum atomic E-state index is -0.190. The second-order valence-electron chi connectivity index (χ2n) is 5.91. The van der Waals surface area contributed by atoms with Gasteiger partial charge in [-0.3, -0.25) is 4.79 Å². The maximum absolute atomic E-state index is 12.1. The Bertz CT molecular complexity index is 1160. The van der Waals surface area contributed by atoms with E-state index < -0.39 is 0 Å². The summed E-state index contributed by atoms with van der Waals surface area (Å²) in [6, 6.07) is 18.5. The van der Waals surface area contributed by atoms with Crippen molar-refractivity contribution in [2.45, 2.75) is 5.22 Å². The van der Waals surface area contributed by atoms with E-state index in [-0.39, 0.29) is 28.5 Å². The molecule has 140 valence electrons. The first-order chi connectivity index (χ1) is 13.6. The Morgan fingerprint density at radius 1 is 1.07 bits per heavy atom. The number of halogens is 1. The summed E-state index contributed by atoms with van der Waals surface area (Å²) in [4.78, 5) is 12.1. The molecular weight excluding hydrogens is 442 g/mol. The number of aromatic nitrogens is 2. The number of hydrogen-bond donors (Lipinski definition) is 2. The van der Waals surface area contributed by atoms with Crippen LogP contribution >= 0.6 is 27.7 Å². The Balaban J connectivity index is 1.45. The van der Waals surface area contributed by atoms with Crippen LogP contribution in [0.1, 0.15) is 0 Å². The summed E-state index contributed by atoms with van der Waals surface area (Å²) in [5.74, 6) is 0.194. The van der Waals surface area contributed by atoms with E-state index in [0.29, 0.717) is 11.3 Å². The number of nitrogens with one attached hydrogen (secondary N) is 1. The van der Waals surface area contributed by atoms with Crippen LogP contribution in [0.15, 0.2) is 74.8 Å². The molecule has 0 aliphatic rings. The third-order valence-corrected chi connectivity index (χ3v) is 5.49. The normalized spacial score (nSPS) is 10.9. The Labute approximate surface area is 173 Å². The molecule has 0 atom stereocenters. The molecule has 1 aromatic heterocycles. The summed E-state index contributed by atoms with van der Waals surface area (Å²) >= 11 is 4.52. The molecule has 6 nitrogen and oxygen atoms in total. The Morgan fingerprint density at radius 3 is 2.57 bits per heavy atom. The van der Waals surface area contributed by atoms with Crippen LogP contribution < -0.4 is 5.32 Å². The first-order valence-corrected chi connectivity index (χ1v) is 10.1. The fourth-order valence-corrected chi connectivity index (χ4v) is 3.60. The lowest BCUT2D eigenvalue weighted by atomic mass is 10.1. The van der Waals surface area contributed by atoms with Gasteiger partial charge in [-0.15, -0.1) is 10.2 Å². The van der Waals surface area contributed by atoms with Gasteiger partial charge >= 0.3 is 0 Å². The fraction of sp³-hybridized carbons (Fsp3) is 0.0500. The van der Waals surface area contributed by atoms with Crippen LogP contribution in [0.25, 0.3) is 22.2 Å². The van der Waals surface area contributed by atoms with Gasteiger partial charge in [0.05, 0.1) is 17.0 Å². The van der Waals surface area contributed by atoms with Gasteiger partial charge in [0.15, 0.2) is 0 Å². The average Bonchev–Trinajstić information content (AvgIpc) is 3.16. The van der Waals surface area contributed by atoms with E-state index >= 15 is 0 Å². The predicted molar refractivity (Wildman–Crippen MR) is 112 cm³/mol. The van der Waals surface area contributed by atoms with Gasteiger partial charge in [0.2, 0.25) is 5.91 Å². The van der Waals surface area contributed by atoms with Gasteiger partial charge < -0.3 is 14.8 Å². The summed E-state index contributed by atoms with van der Waals surface area (Å²) < 4.78 is 6.42. The van der Waals surface area contributed by atoms with E-state index in [0.717, 1.165) is 27.0 Å². The molecule has 4 aromatic rings. The number of phenolic OH excluding ortho intramolecular Hbond substituents is 1. The summed E-state index contributed by atoms with van der Waals surface area (Å²) in [6.07, 6.45) is 0. The van der Waals surface area contributed by atoms with Gasteiger partial charge in [0.1, 0.15) is 5.75 Å². The molecule has 0 bridgehead atoms. The van der Waals surface area contributed by atoms with Gasteiger partial charge in [-0.1, -0.05) is 48.2 Å². The second kappa shape index (κ2) is 8.04. The highest BCUT2D eigenvalue weighted by Gasteiger charge is 2.15. The highest BCUT2D eigenvalue weighted by molar-refractivity contribution is 9.10. The Hall–Kier alpha value is -2.84. The van der Waals surface area contributed by atoms with E-state index in [9.17, 15) is 9.90 Å². The number of benzene rings is 3. The van der Waals surface area contributed by atoms with Crippen LogP contribution in [0, 0.1) is 0 Å². The molecule has 1 heterocycles. The minimum absolute atomic E-state index is 0.0607. The average molecular weight is 456 g/mol. The lowest BCUT2D eigenvalue weighted by Crippen LogP contribution is -2.14. The molecule has 4 rings (SSSR count). The maximum atomic E-state index is 12.1. The molecule has 0 unspecified atom stereocenters. The second-order valence-corrected chi connectivity index (χ2v) is 7.69. The molecule has 8 heteroatoms. The van der Waals surface area contributed by atoms with E-state index in [1.807, 2.05) is 42.5 Å². The molecule has 3 aromatic carbocycles. The van der Waals surface area contributed by atoms with Crippen molar-refractivity contribution in [2.24, 2.45) is 0 Å². The molecule has 0 spiro atoms. The van der Waals surface area contributed by atoms with Crippen molar-refractivity contribution in [1.29, 1.82) is 0 Å². The van der Waals surface area contributed by atoms with Crippen LogP contribution in [-0.4, -0.2) is 27.0 Å². The van der Waals surface area contributed by atoms with E-state index in [4.69, 9.17) is 4.42 Å². The van der Waals surface area contributed by atoms with Crippen LogP contribution in [0.2, 0.25) is 0 Å². The molecule has 0 aliphatic heterocycles. The van der Waals surface area contributed by atoms with E-state index in [2.05, 4.69) is 31.4 Å². The van der Waals surface area contributed by atoms with Crippen molar-refractivity contribution in [3.05, 3.63) is 65.1 Å². The van der Waals surface area contributed by atoms with Crippen molar-refractivity contribution in [3.63, 3.8) is 0 Å². The highest BCUT2D eigenvalue weighted by atomic mass is 79.9. The van der Waals surface area contributed by atoms with Gasteiger partial charge in [-0.05, 0) is 51.0 Å². The molecule has 0 aliphatic carbocycles. The first kappa shape index (κ1) is 18.5. The molecular formula is C20H14BrN3O3S. The number of amides is 1. The molecule has 0 saturated heterocycles. The number of carbonyl (C=O) groups is 1. The van der Waals surface area contributed by atoms with Crippen LogP contribution in [0.3, 0.4) is 0 Å². The van der Waals surface area contributed by atoms with Crippen LogP contribution in [0.4, 0.5) is 5.69 Å². The van der Waals surface area contributed by atoms with E-state index in [1.54, 1.807) is 18.2 Å². The Morgan fingerprint density at radius 2 is 1.79 bits per heavy atom. The number of para-hydroxylation sites is 1. The number of phenols is 1. The maximum Gasteiger partial charge on any atom is 0.277 e. The number of aromatic hydroxyl groups is 1. The standard InChI is InChI=1S/C20H14BrN3O3S/c21-15-7-3-4-8-16(15)22-18(26)11-28-20-24-23-19(27-20)14-9-12-5-1-2-6-13(12)10-17(14)25/h1-10,25H,11H2,(H,22,26). The third-order valence-electron chi connectivity index (χ3n) is 3.98. The Kier molecular flexibility index (Phi) is 5.31. The summed E-state index contributed by atoms with van der Waals surface area (Å²) in [5, 5.41) is 23.2. The quantitative estimate of drug-likeness (QED) is 0.407. The third kappa shape index (κ3) is 4.02. The van der Waals surface area contributed by atoms with Crippen molar-refractivity contribution >= 4 is 50.1 Å². The zero-order chi connectivity index (χ0) is 19.5. The van der Waals surface area contributed by atoms with Crippen molar-refractivity contribution in [1.82, 2.24) is 10.2 Å². The molecule has 0 fully saturated rings. The number of anilines is 1. The fourth-order valence-electron chi connectivity index (χ4n) is 2.65. The topological polar surface area (TPSA) is 88.2 Å². The first-order valence-electron chi connectivity index (χ1n) is 8.33. The van der Waals surface area contributed by atoms with E-state index in [1.165, 1.54) is 0 Å². The number of nitrogens with zero attached hydrogens (tertiary/aromatic N) is 2. The number of thioether (sulfide) groups is 1. The zero-order valence-corrected chi connectivity index (χ0v) is 16.8. The summed E-state index contributed by atoms with van der Waals surface area (Å²) in [6.45, 7) is 0. The van der Waals surface area contributed by atoms with Gasteiger partial charge in [0, 0.05) is 4.47 Å². The lowest BCUT2D eigenvalue weighted by molar-refractivity contribution is -0.113. The van der Waals surface area contributed by atoms with Gasteiger partial charge in [-0.25, -0.2) is 0 Å². The van der Waals surface area contributed by atoms with Crippen molar-refractivity contribution in [2.75, 3.05) is 11.1 Å². The minimum Gasteiger partial charge on any atom is -0.507 e. The SMILES string of the molecule is O=C(CSc1nnc(-c2cc3ccccc3cc2O)o1)Nc1ccccc1Br. The predicted octanol–water partition coefficient (Wildman–Crippen LogP) is 5.09. The molecule has 28 heavy (non-hydrogen) atoms. The smallest absolute Gasteiger partial charge is 0.277 e. The van der Waals surface area contributed by atoms with Crippen LogP contribution in [-0.2, 0) is 4.79 Å². The molecule has 0 radical (unpaired) electrons. The van der Waals surface area contributed by atoms with Crippen molar-refractivity contribution in [3.8, 4) is 17.2 Å². The molecule has 1 amide bonds. The molecule has 2 N–H and O–H groups in total. The number of rotatable bonds is 5. The highest BCUT2D eigenvalue weighted by Crippen LogP contribution is 2.33. The largest absolute Gasteiger partial charge is 0.507 e. The summed E-state index contributed by atoms with van der Waals surface area (Å²) in [7, 11) is 0. The monoisotopic (exact) mass is 455 g/mol. The number of fused-ring (bicyclic) bond motifs is 1. The van der Waals surface area contributed by atoms with Crippen LogP contribution in [0.5, 0.6) is 5.75 Å². The zero-order valence-electron chi connectivity index (χ0n) is 14.4. The van der Waals surface area contributed by atoms with Crippen molar-refractivity contribution < 1.29 is 14.3 Å².